The number of nitrogens with one attached hydrogen (secondary N) is 2. The normalized spacial score (nSPS) is 12.2. The largest absolute Gasteiger partial charge is 0.394 e. The summed E-state index contributed by atoms with van der Waals surface area (Å²) in [7, 11) is 1.60. The number of aliphatic hydroxyl groups excluding tert-OH is 1. The first-order valence-corrected chi connectivity index (χ1v) is 7.49. The summed E-state index contributed by atoms with van der Waals surface area (Å²) in [5.74, 6) is 1.48. The van der Waals surface area contributed by atoms with Crippen molar-refractivity contribution in [2.24, 2.45) is 0 Å². The molecule has 6 nitrogen and oxygen atoms in total. The van der Waals surface area contributed by atoms with Crippen LogP contribution in [0.3, 0.4) is 0 Å². The van der Waals surface area contributed by atoms with Gasteiger partial charge in [0, 0.05) is 19.7 Å². The molecular weight excluding hydrogens is 264 g/mol. The van der Waals surface area contributed by atoms with Crippen molar-refractivity contribution < 1.29 is 9.84 Å². The number of methoxy groups -OCH3 is 1. The predicted molar refractivity (Wildman–Crippen MR) is 79.0 cm³/mol. The van der Waals surface area contributed by atoms with Crippen LogP contribution in [0.5, 0.6) is 0 Å². The number of hydrogen-bond acceptors (Lipinski definition) is 7. The van der Waals surface area contributed by atoms with Crippen molar-refractivity contribution in [2.45, 2.75) is 24.5 Å². The van der Waals surface area contributed by atoms with Crippen molar-refractivity contribution in [1.29, 1.82) is 0 Å². The smallest absolute Gasteiger partial charge is 0.191 e. The summed E-state index contributed by atoms with van der Waals surface area (Å²) in [6.45, 7) is 3.38. The summed E-state index contributed by atoms with van der Waals surface area (Å²) < 4.78 is 5.03. The lowest BCUT2D eigenvalue weighted by atomic mass is 10.3. The maximum absolute atomic E-state index is 9.25. The van der Waals surface area contributed by atoms with Gasteiger partial charge in [0.25, 0.3) is 0 Å². The van der Waals surface area contributed by atoms with Crippen LogP contribution >= 0.6 is 11.8 Å². The highest BCUT2D eigenvalue weighted by molar-refractivity contribution is 7.98. The van der Waals surface area contributed by atoms with Gasteiger partial charge in [0.15, 0.2) is 5.16 Å². The van der Waals surface area contributed by atoms with Crippen molar-refractivity contribution >= 4 is 23.4 Å². The highest BCUT2D eigenvalue weighted by Gasteiger charge is 2.10. The molecule has 0 aliphatic rings. The van der Waals surface area contributed by atoms with Gasteiger partial charge in [0.05, 0.1) is 19.3 Å². The van der Waals surface area contributed by atoms with E-state index in [1.165, 1.54) is 11.8 Å². The molecule has 3 N–H and O–H groups in total. The minimum Gasteiger partial charge on any atom is -0.394 e. The molecule has 1 heterocycles. The molecule has 0 bridgehead atoms. The fourth-order valence-electron chi connectivity index (χ4n) is 1.48. The third-order valence-corrected chi connectivity index (χ3v) is 2.93. The van der Waals surface area contributed by atoms with Gasteiger partial charge in [-0.05, 0) is 12.7 Å². The minimum absolute atomic E-state index is 0.00976. The summed E-state index contributed by atoms with van der Waals surface area (Å²) in [6.07, 6.45) is 2.96. The number of ether oxygens (including phenoxy) is 1. The van der Waals surface area contributed by atoms with Gasteiger partial charge in [-0.15, -0.1) is 0 Å². The zero-order valence-electron chi connectivity index (χ0n) is 11.6. The van der Waals surface area contributed by atoms with Gasteiger partial charge in [-0.25, -0.2) is 9.97 Å². The van der Waals surface area contributed by atoms with E-state index >= 15 is 0 Å². The zero-order chi connectivity index (χ0) is 14.1. The van der Waals surface area contributed by atoms with E-state index in [1.54, 1.807) is 7.11 Å². The molecule has 7 heteroatoms. The third-order valence-electron chi connectivity index (χ3n) is 2.38. The number of thioether (sulfide) groups is 1. The monoisotopic (exact) mass is 286 g/mol. The number of nitrogens with zero attached hydrogens (tertiary/aromatic N) is 2. The number of hydrogen-bond donors (Lipinski definition) is 3. The highest BCUT2D eigenvalue weighted by Crippen LogP contribution is 2.17. The molecule has 0 saturated carbocycles. The standard InChI is InChI=1S/C12H22N4O2S/c1-4-5-13-10-6-11(16-12(15-10)19-3)14-9(7-17)8-18-2/h6,9,17H,4-5,7-8H2,1-3H3,(H2,13,14,15,16). The molecule has 0 aliphatic heterocycles. The lowest BCUT2D eigenvalue weighted by molar-refractivity contribution is 0.153. The fraction of sp³-hybridized carbons (Fsp3) is 0.667. The van der Waals surface area contributed by atoms with Crippen molar-refractivity contribution in [1.82, 2.24) is 9.97 Å². The van der Waals surface area contributed by atoms with Crippen LogP contribution in [0.15, 0.2) is 11.2 Å². The van der Waals surface area contributed by atoms with E-state index in [1.807, 2.05) is 12.3 Å². The highest BCUT2D eigenvalue weighted by atomic mass is 32.2. The summed E-state index contributed by atoms with van der Waals surface area (Å²) in [4.78, 5) is 8.74. The molecule has 0 amide bonds. The molecule has 0 fully saturated rings. The van der Waals surface area contributed by atoms with Gasteiger partial charge >= 0.3 is 0 Å². The van der Waals surface area contributed by atoms with E-state index in [4.69, 9.17) is 4.74 Å². The first-order chi connectivity index (χ1) is 9.23. The van der Waals surface area contributed by atoms with Crippen LogP contribution in [-0.2, 0) is 4.74 Å². The van der Waals surface area contributed by atoms with E-state index in [0.717, 1.165) is 18.8 Å². The molecule has 0 saturated heterocycles. The Morgan fingerprint density at radius 1 is 1.42 bits per heavy atom. The van der Waals surface area contributed by atoms with Gasteiger partial charge < -0.3 is 20.5 Å². The first kappa shape index (κ1) is 16.0. The second-order valence-electron chi connectivity index (χ2n) is 4.03. The van der Waals surface area contributed by atoms with Crippen LogP contribution in [0.2, 0.25) is 0 Å². The average molecular weight is 286 g/mol. The molecule has 0 aliphatic carbocycles. The van der Waals surface area contributed by atoms with Crippen LogP contribution in [-0.4, -0.2) is 54.2 Å². The van der Waals surface area contributed by atoms with Crippen molar-refractivity contribution in [2.75, 3.05) is 43.8 Å². The Kier molecular flexibility index (Phi) is 7.54. The van der Waals surface area contributed by atoms with E-state index in [9.17, 15) is 5.11 Å². The molecule has 19 heavy (non-hydrogen) atoms. The van der Waals surface area contributed by atoms with Gasteiger partial charge in [-0.2, -0.15) is 0 Å². The number of anilines is 2. The molecule has 1 aromatic rings. The van der Waals surface area contributed by atoms with Crippen LogP contribution < -0.4 is 10.6 Å². The van der Waals surface area contributed by atoms with Gasteiger partial charge in [-0.1, -0.05) is 18.7 Å². The van der Waals surface area contributed by atoms with E-state index < -0.39 is 0 Å². The summed E-state index contributed by atoms with van der Waals surface area (Å²) >= 11 is 1.48. The van der Waals surface area contributed by atoms with Crippen molar-refractivity contribution in [3.05, 3.63) is 6.07 Å². The van der Waals surface area contributed by atoms with E-state index in [-0.39, 0.29) is 12.6 Å². The van der Waals surface area contributed by atoms with Crippen LogP contribution in [0.1, 0.15) is 13.3 Å². The predicted octanol–water partition coefficient (Wildman–Crippen LogP) is 1.44. The summed E-state index contributed by atoms with van der Waals surface area (Å²) in [5.41, 5.74) is 0. The Hall–Kier alpha value is -1.05. The second kappa shape index (κ2) is 8.95. The molecule has 1 aromatic heterocycles. The average Bonchev–Trinajstić information content (AvgIpc) is 2.44. The van der Waals surface area contributed by atoms with Crippen LogP contribution in [0, 0.1) is 0 Å². The number of aromatic nitrogens is 2. The Bertz CT molecular complexity index is 379. The maximum Gasteiger partial charge on any atom is 0.191 e. The lowest BCUT2D eigenvalue weighted by Gasteiger charge is -2.17. The van der Waals surface area contributed by atoms with Gasteiger partial charge in [-0.3, -0.25) is 0 Å². The number of rotatable bonds is 9. The lowest BCUT2D eigenvalue weighted by Crippen LogP contribution is -2.29. The summed E-state index contributed by atoms with van der Waals surface area (Å²) in [5, 5.41) is 16.3. The topological polar surface area (TPSA) is 79.3 Å². The molecule has 0 radical (unpaired) electrons. The van der Waals surface area contributed by atoms with Crippen LogP contribution in [0.4, 0.5) is 11.6 Å². The Labute approximate surface area is 118 Å². The Balaban J connectivity index is 2.80. The molecule has 0 spiro atoms. The SMILES string of the molecule is CCCNc1cc(NC(CO)COC)nc(SC)n1. The van der Waals surface area contributed by atoms with E-state index in [0.29, 0.717) is 17.6 Å². The molecule has 1 unspecified atom stereocenters. The van der Waals surface area contributed by atoms with Crippen LogP contribution in [0.25, 0.3) is 0 Å². The van der Waals surface area contributed by atoms with Gasteiger partial charge in [0.2, 0.25) is 0 Å². The first-order valence-electron chi connectivity index (χ1n) is 6.26. The Morgan fingerprint density at radius 3 is 2.74 bits per heavy atom. The molecule has 108 valence electrons. The fourth-order valence-corrected chi connectivity index (χ4v) is 1.86. The minimum atomic E-state index is -0.173. The maximum atomic E-state index is 9.25. The third kappa shape index (κ3) is 5.63. The van der Waals surface area contributed by atoms with Gasteiger partial charge in [0.1, 0.15) is 11.6 Å². The molecule has 1 atom stereocenters. The van der Waals surface area contributed by atoms with Crippen molar-refractivity contribution in [3.63, 3.8) is 0 Å². The molecule has 1 rings (SSSR count). The number of aliphatic hydroxyl groups is 1. The van der Waals surface area contributed by atoms with Crippen molar-refractivity contribution in [3.8, 4) is 0 Å². The second-order valence-corrected chi connectivity index (χ2v) is 4.80. The molecule has 0 aromatic carbocycles. The Morgan fingerprint density at radius 2 is 2.16 bits per heavy atom. The summed E-state index contributed by atoms with van der Waals surface area (Å²) in [6, 6.07) is 1.67. The van der Waals surface area contributed by atoms with E-state index in [2.05, 4.69) is 27.5 Å². The quantitative estimate of drug-likeness (QED) is 0.468. The molecular formula is C12H22N4O2S. The zero-order valence-corrected chi connectivity index (χ0v) is 12.5.